The van der Waals surface area contributed by atoms with Crippen LogP contribution in [0, 0.1) is 13.8 Å². The van der Waals surface area contributed by atoms with E-state index in [1.807, 2.05) is 38.1 Å². The fourth-order valence-corrected chi connectivity index (χ4v) is 3.91. The highest BCUT2D eigenvalue weighted by Crippen LogP contribution is 2.35. The van der Waals surface area contributed by atoms with Gasteiger partial charge in [-0.05, 0) is 54.0 Å². The SMILES string of the molecule is Cc1nc2ncnn2c(Sc2ccccc2NC(=O)c2ccc(Br)o2)c1C. The largest absolute Gasteiger partial charge is 0.444 e. The van der Waals surface area contributed by atoms with Crippen molar-refractivity contribution in [2.45, 2.75) is 23.8 Å². The molecular weight excluding hydrogens is 430 g/mol. The number of amides is 1. The summed E-state index contributed by atoms with van der Waals surface area (Å²) in [5.41, 5.74) is 2.58. The molecule has 4 aromatic rings. The van der Waals surface area contributed by atoms with Crippen LogP contribution in [0.2, 0.25) is 0 Å². The van der Waals surface area contributed by atoms with E-state index in [-0.39, 0.29) is 11.7 Å². The van der Waals surface area contributed by atoms with Crippen molar-refractivity contribution in [3.05, 3.63) is 64.4 Å². The van der Waals surface area contributed by atoms with Crippen LogP contribution < -0.4 is 5.32 Å². The van der Waals surface area contributed by atoms with Gasteiger partial charge in [-0.15, -0.1) is 0 Å². The quantitative estimate of drug-likeness (QED) is 0.467. The van der Waals surface area contributed by atoms with Gasteiger partial charge in [-0.2, -0.15) is 14.6 Å². The minimum absolute atomic E-state index is 0.233. The third-order valence-electron chi connectivity index (χ3n) is 3.99. The van der Waals surface area contributed by atoms with E-state index in [0.29, 0.717) is 16.1 Å². The topological polar surface area (TPSA) is 85.3 Å². The number of anilines is 1. The van der Waals surface area contributed by atoms with Crippen LogP contribution >= 0.6 is 27.7 Å². The summed E-state index contributed by atoms with van der Waals surface area (Å²) in [6.07, 6.45) is 1.48. The second kappa shape index (κ2) is 7.16. The van der Waals surface area contributed by atoms with E-state index in [1.54, 1.807) is 16.6 Å². The van der Waals surface area contributed by atoms with Crippen molar-refractivity contribution in [2.24, 2.45) is 0 Å². The molecule has 0 saturated carbocycles. The smallest absolute Gasteiger partial charge is 0.291 e. The minimum Gasteiger partial charge on any atom is -0.444 e. The molecule has 136 valence electrons. The van der Waals surface area contributed by atoms with E-state index in [0.717, 1.165) is 21.2 Å². The molecule has 0 fully saturated rings. The maximum Gasteiger partial charge on any atom is 0.291 e. The molecule has 0 radical (unpaired) electrons. The number of halogens is 1. The molecule has 0 unspecified atom stereocenters. The summed E-state index contributed by atoms with van der Waals surface area (Å²) in [7, 11) is 0. The standard InChI is InChI=1S/C18H14BrN5O2S/c1-10-11(2)22-18-20-9-21-24(18)17(10)27-14-6-4-3-5-12(14)23-16(25)13-7-8-15(19)26-13/h3-9H,1-2H3,(H,23,25). The number of hydrogen-bond donors (Lipinski definition) is 1. The van der Waals surface area contributed by atoms with Gasteiger partial charge in [0.1, 0.15) is 11.4 Å². The Morgan fingerprint density at radius 1 is 1.22 bits per heavy atom. The van der Waals surface area contributed by atoms with Crippen molar-refractivity contribution in [1.29, 1.82) is 0 Å². The Kier molecular flexibility index (Phi) is 4.71. The number of aromatic nitrogens is 4. The molecule has 0 saturated heterocycles. The molecule has 4 rings (SSSR count). The average molecular weight is 444 g/mol. The van der Waals surface area contributed by atoms with Gasteiger partial charge in [0.05, 0.1) is 5.69 Å². The Morgan fingerprint density at radius 3 is 2.81 bits per heavy atom. The zero-order chi connectivity index (χ0) is 19.0. The zero-order valence-electron chi connectivity index (χ0n) is 14.4. The Balaban J connectivity index is 1.69. The predicted octanol–water partition coefficient (Wildman–Crippen LogP) is 4.50. The highest BCUT2D eigenvalue weighted by Gasteiger charge is 2.17. The van der Waals surface area contributed by atoms with Gasteiger partial charge in [-0.25, -0.2) is 4.98 Å². The van der Waals surface area contributed by atoms with Gasteiger partial charge in [0.25, 0.3) is 11.7 Å². The summed E-state index contributed by atoms with van der Waals surface area (Å²) in [6, 6.07) is 10.9. The number of carbonyl (C=O) groups is 1. The number of furan rings is 1. The van der Waals surface area contributed by atoms with E-state index in [9.17, 15) is 4.79 Å². The average Bonchev–Trinajstić information content (AvgIpc) is 3.29. The number of nitrogens with zero attached hydrogens (tertiary/aromatic N) is 4. The molecule has 3 heterocycles. The fraction of sp³-hybridized carbons (Fsp3) is 0.111. The highest BCUT2D eigenvalue weighted by atomic mass is 79.9. The van der Waals surface area contributed by atoms with Gasteiger partial charge in [-0.3, -0.25) is 4.79 Å². The summed E-state index contributed by atoms with van der Waals surface area (Å²) in [5.74, 6) is 0.459. The van der Waals surface area contributed by atoms with E-state index >= 15 is 0 Å². The lowest BCUT2D eigenvalue weighted by Crippen LogP contribution is -2.11. The summed E-state index contributed by atoms with van der Waals surface area (Å²) in [4.78, 5) is 21.9. The van der Waals surface area contributed by atoms with Gasteiger partial charge in [0, 0.05) is 16.2 Å². The molecular formula is C18H14BrN5O2S. The Labute approximate surface area is 167 Å². The first-order chi connectivity index (χ1) is 13.0. The van der Waals surface area contributed by atoms with Crippen LogP contribution in [0.25, 0.3) is 5.78 Å². The third-order valence-corrected chi connectivity index (χ3v) is 5.67. The summed E-state index contributed by atoms with van der Waals surface area (Å²) in [6.45, 7) is 3.93. The normalized spacial score (nSPS) is 11.1. The van der Waals surface area contributed by atoms with Crippen LogP contribution in [0.1, 0.15) is 21.8 Å². The zero-order valence-corrected chi connectivity index (χ0v) is 16.8. The van der Waals surface area contributed by atoms with Crippen LogP contribution in [0.15, 0.2) is 61.7 Å². The second-order valence-electron chi connectivity index (χ2n) is 5.76. The molecule has 1 aromatic carbocycles. The van der Waals surface area contributed by atoms with E-state index in [1.165, 1.54) is 18.1 Å². The predicted molar refractivity (Wildman–Crippen MR) is 105 cm³/mol. The van der Waals surface area contributed by atoms with Gasteiger partial charge < -0.3 is 9.73 Å². The molecule has 1 amide bonds. The van der Waals surface area contributed by atoms with Crippen molar-refractivity contribution >= 4 is 45.1 Å². The summed E-state index contributed by atoms with van der Waals surface area (Å²) >= 11 is 4.70. The van der Waals surface area contributed by atoms with Crippen molar-refractivity contribution in [1.82, 2.24) is 19.6 Å². The fourth-order valence-electron chi connectivity index (χ4n) is 2.51. The van der Waals surface area contributed by atoms with Crippen LogP contribution in [-0.4, -0.2) is 25.5 Å². The van der Waals surface area contributed by atoms with Crippen molar-refractivity contribution in [3.8, 4) is 0 Å². The molecule has 27 heavy (non-hydrogen) atoms. The third kappa shape index (κ3) is 3.47. The molecule has 7 nitrogen and oxygen atoms in total. The monoisotopic (exact) mass is 443 g/mol. The van der Waals surface area contributed by atoms with Gasteiger partial charge in [-0.1, -0.05) is 23.9 Å². The lowest BCUT2D eigenvalue weighted by molar-refractivity contribution is 0.0995. The lowest BCUT2D eigenvalue weighted by atomic mass is 10.3. The molecule has 0 aliphatic carbocycles. The maximum atomic E-state index is 12.5. The first-order valence-corrected chi connectivity index (χ1v) is 9.64. The van der Waals surface area contributed by atoms with Crippen LogP contribution in [0.4, 0.5) is 5.69 Å². The molecule has 0 atom stereocenters. The van der Waals surface area contributed by atoms with Crippen molar-refractivity contribution in [2.75, 3.05) is 5.32 Å². The molecule has 1 N–H and O–H groups in total. The number of hydrogen-bond acceptors (Lipinski definition) is 6. The van der Waals surface area contributed by atoms with Crippen molar-refractivity contribution in [3.63, 3.8) is 0 Å². The highest BCUT2D eigenvalue weighted by molar-refractivity contribution is 9.10. The molecule has 0 bridgehead atoms. The summed E-state index contributed by atoms with van der Waals surface area (Å²) in [5, 5.41) is 8.07. The number of para-hydroxylation sites is 1. The lowest BCUT2D eigenvalue weighted by Gasteiger charge is -2.13. The molecule has 0 aliphatic rings. The van der Waals surface area contributed by atoms with Crippen LogP contribution in [-0.2, 0) is 0 Å². The number of fused-ring (bicyclic) bond motifs is 1. The van der Waals surface area contributed by atoms with Gasteiger partial charge >= 0.3 is 0 Å². The Morgan fingerprint density at radius 2 is 2.04 bits per heavy atom. The Hall–Kier alpha value is -2.65. The van der Waals surface area contributed by atoms with Gasteiger partial charge in [0.2, 0.25) is 0 Å². The number of rotatable bonds is 4. The molecule has 0 aliphatic heterocycles. The maximum absolute atomic E-state index is 12.5. The van der Waals surface area contributed by atoms with E-state index < -0.39 is 0 Å². The number of benzene rings is 1. The van der Waals surface area contributed by atoms with Crippen LogP contribution in [0.3, 0.4) is 0 Å². The molecule has 3 aromatic heterocycles. The second-order valence-corrected chi connectivity index (χ2v) is 7.57. The Bertz CT molecular complexity index is 1150. The minimum atomic E-state index is -0.317. The molecule has 0 spiro atoms. The van der Waals surface area contributed by atoms with E-state index in [2.05, 4.69) is 36.3 Å². The van der Waals surface area contributed by atoms with Gasteiger partial charge in [0.15, 0.2) is 10.4 Å². The van der Waals surface area contributed by atoms with E-state index in [4.69, 9.17) is 4.42 Å². The first kappa shape index (κ1) is 17.7. The summed E-state index contributed by atoms with van der Waals surface area (Å²) < 4.78 is 7.53. The van der Waals surface area contributed by atoms with Crippen LogP contribution in [0.5, 0.6) is 0 Å². The number of nitrogens with one attached hydrogen (secondary N) is 1. The molecule has 9 heteroatoms. The number of aryl methyl sites for hydroxylation is 1. The number of carbonyl (C=O) groups excluding carboxylic acids is 1. The van der Waals surface area contributed by atoms with Crippen molar-refractivity contribution < 1.29 is 9.21 Å². The first-order valence-electron chi connectivity index (χ1n) is 8.03.